The fraction of sp³-hybridized carbons (Fsp3) is 0.400. The number of nitrogens with zero attached hydrogens (tertiary/aromatic N) is 3. The Labute approximate surface area is 188 Å². The van der Waals surface area contributed by atoms with Gasteiger partial charge in [0.15, 0.2) is 0 Å². The van der Waals surface area contributed by atoms with Crippen LogP contribution in [-0.2, 0) is 24.2 Å². The Hall–Kier alpha value is -2.57. The van der Waals surface area contributed by atoms with Gasteiger partial charge in [-0.15, -0.1) is 11.3 Å². The molecule has 0 bridgehead atoms. The van der Waals surface area contributed by atoms with Gasteiger partial charge in [0.2, 0.25) is 5.91 Å². The summed E-state index contributed by atoms with van der Waals surface area (Å²) in [5, 5.41) is 5.22. The SMILES string of the molecule is CCNC(=O)[C@@]1(Cc2ccccc2-c2cccs2)CCN(Cc2cnc(CC)nc2)C1. The molecule has 0 aliphatic carbocycles. The third-order valence-electron chi connectivity index (χ3n) is 6.07. The third-order valence-corrected chi connectivity index (χ3v) is 6.97. The van der Waals surface area contributed by atoms with Crippen LogP contribution >= 0.6 is 11.3 Å². The van der Waals surface area contributed by atoms with Crippen LogP contribution in [-0.4, -0.2) is 40.4 Å². The number of aryl methyl sites for hydroxylation is 1. The predicted molar refractivity (Wildman–Crippen MR) is 126 cm³/mol. The van der Waals surface area contributed by atoms with E-state index in [2.05, 4.69) is 68.9 Å². The smallest absolute Gasteiger partial charge is 0.227 e. The van der Waals surface area contributed by atoms with E-state index < -0.39 is 5.41 Å². The summed E-state index contributed by atoms with van der Waals surface area (Å²) in [5.41, 5.74) is 3.16. The van der Waals surface area contributed by atoms with Gasteiger partial charge in [-0.05, 0) is 48.9 Å². The van der Waals surface area contributed by atoms with E-state index in [1.54, 1.807) is 11.3 Å². The number of benzene rings is 1. The molecule has 1 saturated heterocycles. The van der Waals surface area contributed by atoms with Crippen molar-refractivity contribution in [2.24, 2.45) is 5.41 Å². The first-order valence-electron chi connectivity index (χ1n) is 11.1. The lowest BCUT2D eigenvalue weighted by molar-refractivity contribution is -0.130. The molecule has 0 radical (unpaired) electrons. The fourth-order valence-corrected chi connectivity index (χ4v) is 5.25. The molecule has 1 aromatic carbocycles. The number of thiophene rings is 1. The highest BCUT2D eigenvalue weighted by Crippen LogP contribution is 2.38. The van der Waals surface area contributed by atoms with Crippen LogP contribution in [0.5, 0.6) is 0 Å². The topological polar surface area (TPSA) is 58.1 Å². The van der Waals surface area contributed by atoms with Gasteiger partial charge in [0, 0.05) is 48.9 Å². The van der Waals surface area contributed by atoms with E-state index in [9.17, 15) is 4.79 Å². The summed E-state index contributed by atoms with van der Waals surface area (Å²) in [7, 11) is 0. The van der Waals surface area contributed by atoms with Crippen molar-refractivity contribution in [2.45, 2.75) is 39.7 Å². The highest BCUT2D eigenvalue weighted by atomic mass is 32.1. The highest BCUT2D eigenvalue weighted by molar-refractivity contribution is 7.13. The van der Waals surface area contributed by atoms with E-state index in [1.807, 2.05) is 19.3 Å². The molecule has 1 N–H and O–H groups in total. The summed E-state index contributed by atoms with van der Waals surface area (Å²) in [4.78, 5) is 25.8. The Morgan fingerprint density at radius 2 is 1.97 bits per heavy atom. The molecule has 0 saturated carbocycles. The molecular weight excluding hydrogens is 404 g/mol. The molecule has 1 aliphatic rings. The minimum atomic E-state index is -0.423. The van der Waals surface area contributed by atoms with Crippen molar-refractivity contribution in [3.8, 4) is 10.4 Å². The monoisotopic (exact) mass is 434 g/mol. The van der Waals surface area contributed by atoms with Crippen molar-refractivity contribution in [1.29, 1.82) is 0 Å². The van der Waals surface area contributed by atoms with Gasteiger partial charge in [-0.1, -0.05) is 37.3 Å². The Morgan fingerprint density at radius 3 is 2.68 bits per heavy atom. The maximum absolute atomic E-state index is 13.3. The lowest BCUT2D eigenvalue weighted by Crippen LogP contribution is -2.44. The van der Waals surface area contributed by atoms with E-state index in [-0.39, 0.29) is 5.91 Å². The van der Waals surface area contributed by atoms with Crippen LogP contribution in [0.2, 0.25) is 0 Å². The number of carbonyl (C=O) groups is 1. The summed E-state index contributed by atoms with van der Waals surface area (Å²) in [5.74, 6) is 1.03. The van der Waals surface area contributed by atoms with Crippen LogP contribution in [0, 0.1) is 5.41 Å². The molecule has 162 valence electrons. The number of rotatable bonds is 8. The largest absolute Gasteiger partial charge is 0.356 e. The zero-order valence-electron chi connectivity index (χ0n) is 18.3. The second-order valence-electron chi connectivity index (χ2n) is 8.27. The van der Waals surface area contributed by atoms with Crippen LogP contribution < -0.4 is 5.32 Å². The minimum Gasteiger partial charge on any atom is -0.356 e. The van der Waals surface area contributed by atoms with Gasteiger partial charge in [0.25, 0.3) is 0 Å². The molecule has 3 heterocycles. The first-order valence-corrected chi connectivity index (χ1v) is 11.9. The quantitative estimate of drug-likeness (QED) is 0.573. The molecule has 0 unspecified atom stereocenters. The first kappa shape index (κ1) is 21.7. The number of nitrogens with one attached hydrogen (secondary N) is 1. The molecule has 3 aromatic rings. The van der Waals surface area contributed by atoms with Gasteiger partial charge in [0.05, 0.1) is 5.41 Å². The Bertz CT molecular complexity index is 1000. The minimum absolute atomic E-state index is 0.163. The number of hydrogen-bond acceptors (Lipinski definition) is 5. The number of aromatic nitrogens is 2. The van der Waals surface area contributed by atoms with Gasteiger partial charge in [-0.3, -0.25) is 9.69 Å². The van der Waals surface area contributed by atoms with Gasteiger partial charge < -0.3 is 5.32 Å². The lowest BCUT2D eigenvalue weighted by atomic mass is 9.78. The van der Waals surface area contributed by atoms with E-state index in [4.69, 9.17) is 0 Å². The molecule has 31 heavy (non-hydrogen) atoms. The number of carbonyl (C=O) groups excluding carboxylic acids is 1. The molecular formula is C25H30N4OS. The van der Waals surface area contributed by atoms with E-state index in [1.165, 1.54) is 16.0 Å². The standard InChI is InChI=1S/C25H30N4OS/c1-3-23-27-15-19(16-28-23)17-29-12-11-25(18-29,24(30)26-4-2)14-20-8-5-6-9-21(20)22-10-7-13-31-22/h5-10,13,15-16H,3-4,11-12,14,17-18H2,1-2H3,(H,26,30)/t25-/m1/s1. The number of likely N-dealkylation sites (tertiary alicyclic amines) is 1. The predicted octanol–water partition coefficient (Wildman–Crippen LogP) is 4.34. The second kappa shape index (κ2) is 9.71. The summed E-state index contributed by atoms with van der Waals surface area (Å²) < 4.78 is 0. The summed E-state index contributed by atoms with van der Waals surface area (Å²) in [6.07, 6.45) is 6.28. The zero-order chi connectivity index (χ0) is 21.7. The maximum atomic E-state index is 13.3. The lowest BCUT2D eigenvalue weighted by Gasteiger charge is -2.29. The van der Waals surface area contributed by atoms with E-state index in [0.717, 1.165) is 50.3 Å². The van der Waals surface area contributed by atoms with Crippen LogP contribution in [0.25, 0.3) is 10.4 Å². The van der Waals surface area contributed by atoms with Crippen LogP contribution in [0.1, 0.15) is 37.2 Å². The molecule has 0 spiro atoms. The van der Waals surface area contributed by atoms with Crippen molar-refractivity contribution < 1.29 is 4.79 Å². The zero-order valence-corrected chi connectivity index (χ0v) is 19.1. The van der Waals surface area contributed by atoms with E-state index in [0.29, 0.717) is 6.54 Å². The van der Waals surface area contributed by atoms with Gasteiger partial charge >= 0.3 is 0 Å². The Kier molecular flexibility index (Phi) is 6.78. The molecule has 5 nitrogen and oxygen atoms in total. The molecule has 1 atom stereocenters. The van der Waals surface area contributed by atoms with Crippen molar-refractivity contribution in [1.82, 2.24) is 20.2 Å². The number of amides is 1. The van der Waals surface area contributed by atoms with Crippen molar-refractivity contribution >= 4 is 17.2 Å². The molecule has 4 rings (SSSR count). The third kappa shape index (κ3) is 4.86. The molecule has 1 aliphatic heterocycles. The molecule has 6 heteroatoms. The van der Waals surface area contributed by atoms with Crippen molar-refractivity contribution in [3.63, 3.8) is 0 Å². The average Bonchev–Trinajstić information content (AvgIpc) is 3.46. The van der Waals surface area contributed by atoms with Crippen LogP contribution in [0.15, 0.2) is 54.2 Å². The maximum Gasteiger partial charge on any atom is 0.227 e. The van der Waals surface area contributed by atoms with Crippen molar-refractivity contribution in [3.05, 3.63) is 71.1 Å². The Morgan fingerprint density at radius 1 is 1.16 bits per heavy atom. The highest BCUT2D eigenvalue weighted by Gasteiger charge is 2.44. The molecule has 2 aromatic heterocycles. The average molecular weight is 435 g/mol. The first-order chi connectivity index (χ1) is 15.1. The van der Waals surface area contributed by atoms with Crippen LogP contribution in [0.3, 0.4) is 0 Å². The van der Waals surface area contributed by atoms with Crippen LogP contribution in [0.4, 0.5) is 0 Å². The second-order valence-corrected chi connectivity index (χ2v) is 9.22. The van der Waals surface area contributed by atoms with Crippen molar-refractivity contribution in [2.75, 3.05) is 19.6 Å². The summed E-state index contributed by atoms with van der Waals surface area (Å²) in [6.45, 7) is 7.12. The van der Waals surface area contributed by atoms with Gasteiger partial charge in [0.1, 0.15) is 5.82 Å². The van der Waals surface area contributed by atoms with Gasteiger partial charge in [-0.2, -0.15) is 0 Å². The fourth-order valence-electron chi connectivity index (χ4n) is 4.47. The molecule has 1 amide bonds. The summed E-state index contributed by atoms with van der Waals surface area (Å²) in [6, 6.07) is 12.8. The summed E-state index contributed by atoms with van der Waals surface area (Å²) >= 11 is 1.75. The van der Waals surface area contributed by atoms with Gasteiger partial charge in [-0.25, -0.2) is 9.97 Å². The molecule has 1 fully saturated rings. The van der Waals surface area contributed by atoms with E-state index >= 15 is 0 Å². The Balaban J connectivity index is 1.57. The normalized spacial score (nSPS) is 18.9. The number of hydrogen-bond donors (Lipinski definition) is 1.